The number of hydrogen-bond donors (Lipinski definition) is 1. The third-order valence-corrected chi connectivity index (χ3v) is 3.94. The summed E-state index contributed by atoms with van der Waals surface area (Å²) in [6.07, 6.45) is 1.09. The maximum Gasteiger partial charge on any atom is 0.308 e. The Hall–Kier alpha value is -1.96. The number of hydrogen-bond acceptors (Lipinski definition) is 4. The van der Waals surface area contributed by atoms with E-state index in [0.717, 1.165) is 0 Å². The largest absolute Gasteiger partial charge is 0.481 e. The highest BCUT2D eigenvalue weighted by Gasteiger charge is 2.31. The average molecular weight is 357 g/mol. The molecule has 112 valence electrons. The molecule has 1 aromatic rings. The van der Waals surface area contributed by atoms with Crippen LogP contribution in [0.1, 0.15) is 23.2 Å². The summed E-state index contributed by atoms with van der Waals surface area (Å²) in [5.74, 6) is -2.06. The van der Waals surface area contributed by atoms with Crippen molar-refractivity contribution in [1.29, 1.82) is 0 Å². The van der Waals surface area contributed by atoms with E-state index in [0.29, 0.717) is 23.9 Å². The molecule has 1 saturated heterocycles. The molecule has 1 fully saturated rings. The summed E-state index contributed by atoms with van der Waals surface area (Å²) in [7, 11) is 0. The Morgan fingerprint density at radius 2 is 2.14 bits per heavy atom. The first kappa shape index (κ1) is 15.4. The molecule has 0 bridgehead atoms. The van der Waals surface area contributed by atoms with Gasteiger partial charge in [-0.05, 0) is 25.0 Å². The third kappa shape index (κ3) is 3.38. The lowest BCUT2D eigenvalue weighted by atomic mass is 9.97. The number of nitro benzene ring substituents is 1. The van der Waals surface area contributed by atoms with Crippen LogP contribution in [0.4, 0.5) is 5.69 Å². The molecule has 1 aliphatic heterocycles. The third-order valence-electron chi connectivity index (χ3n) is 3.44. The van der Waals surface area contributed by atoms with Crippen LogP contribution in [0.3, 0.4) is 0 Å². The summed E-state index contributed by atoms with van der Waals surface area (Å²) in [5.41, 5.74) is -0.305. The molecule has 1 atom stereocenters. The number of benzene rings is 1. The van der Waals surface area contributed by atoms with Gasteiger partial charge in [0.1, 0.15) is 5.56 Å². The SMILES string of the molecule is O=C(O)[C@H]1CCCN(C(=O)c2ccc(Br)cc2[N+](=O)[O-])C1. The molecule has 1 heterocycles. The van der Waals surface area contributed by atoms with E-state index < -0.39 is 22.7 Å². The highest BCUT2D eigenvalue weighted by atomic mass is 79.9. The quantitative estimate of drug-likeness (QED) is 0.661. The number of rotatable bonds is 3. The van der Waals surface area contributed by atoms with Crippen molar-refractivity contribution in [1.82, 2.24) is 4.90 Å². The molecule has 21 heavy (non-hydrogen) atoms. The number of carbonyl (C=O) groups is 2. The first-order valence-electron chi connectivity index (χ1n) is 6.36. The van der Waals surface area contributed by atoms with E-state index in [2.05, 4.69) is 15.9 Å². The Labute approximate surface area is 128 Å². The molecule has 0 radical (unpaired) electrons. The van der Waals surface area contributed by atoms with Crippen LogP contribution in [-0.4, -0.2) is 39.9 Å². The van der Waals surface area contributed by atoms with Crippen molar-refractivity contribution in [2.45, 2.75) is 12.8 Å². The van der Waals surface area contributed by atoms with E-state index in [1.54, 1.807) is 6.07 Å². The second kappa shape index (κ2) is 6.21. The summed E-state index contributed by atoms with van der Waals surface area (Å²) < 4.78 is 0.507. The van der Waals surface area contributed by atoms with Crippen molar-refractivity contribution in [2.24, 2.45) is 5.92 Å². The topological polar surface area (TPSA) is 101 Å². The van der Waals surface area contributed by atoms with Crippen LogP contribution in [0.15, 0.2) is 22.7 Å². The monoisotopic (exact) mass is 356 g/mol. The van der Waals surface area contributed by atoms with E-state index in [1.807, 2.05) is 0 Å². The van der Waals surface area contributed by atoms with Crippen molar-refractivity contribution in [3.8, 4) is 0 Å². The summed E-state index contributed by atoms with van der Waals surface area (Å²) >= 11 is 3.13. The van der Waals surface area contributed by atoms with Crippen LogP contribution in [0.2, 0.25) is 0 Å². The van der Waals surface area contributed by atoms with Gasteiger partial charge in [-0.2, -0.15) is 0 Å². The van der Waals surface area contributed by atoms with Gasteiger partial charge in [0.15, 0.2) is 0 Å². The molecule has 0 unspecified atom stereocenters. The second-order valence-electron chi connectivity index (χ2n) is 4.85. The number of piperidine rings is 1. The number of carboxylic acids is 1. The molecule has 1 aromatic carbocycles. The van der Waals surface area contributed by atoms with Crippen LogP contribution in [-0.2, 0) is 4.79 Å². The van der Waals surface area contributed by atoms with Crippen molar-refractivity contribution >= 4 is 33.5 Å². The van der Waals surface area contributed by atoms with E-state index in [9.17, 15) is 19.7 Å². The number of carbonyl (C=O) groups excluding carboxylic acids is 1. The fourth-order valence-electron chi connectivity index (χ4n) is 2.37. The van der Waals surface area contributed by atoms with Crippen molar-refractivity contribution < 1.29 is 19.6 Å². The van der Waals surface area contributed by atoms with Crippen LogP contribution >= 0.6 is 15.9 Å². The van der Waals surface area contributed by atoms with Crippen LogP contribution < -0.4 is 0 Å². The zero-order chi connectivity index (χ0) is 15.6. The Morgan fingerprint density at radius 3 is 2.76 bits per heavy atom. The number of amides is 1. The predicted molar refractivity (Wildman–Crippen MR) is 77.1 cm³/mol. The lowest BCUT2D eigenvalue weighted by Gasteiger charge is -2.30. The highest BCUT2D eigenvalue weighted by Crippen LogP contribution is 2.26. The highest BCUT2D eigenvalue weighted by molar-refractivity contribution is 9.10. The number of nitrogens with zero attached hydrogens (tertiary/aromatic N) is 2. The summed E-state index contributed by atoms with van der Waals surface area (Å²) in [6, 6.07) is 4.21. The predicted octanol–water partition coefficient (Wildman–Crippen LogP) is 2.29. The number of carboxylic acid groups (broad SMARTS) is 1. The van der Waals surface area contributed by atoms with Gasteiger partial charge in [0, 0.05) is 23.6 Å². The fraction of sp³-hybridized carbons (Fsp3) is 0.385. The lowest BCUT2D eigenvalue weighted by molar-refractivity contribution is -0.385. The summed E-state index contributed by atoms with van der Waals surface area (Å²) in [4.78, 5) is 35.3. The molecule has 1 aliphatic rings. The first-order chi connectivity index (χ1) is 9.90. The Kier molecular flexibility index (Phi) is 4.56. The Bertz CT molecular complexity index is 604. The van der Waals surface area contributed by atoms with Gasteiger partial charge in [0.05, 0.1) is 10.8 Å². The number of likely N-dealkylation sites (tertiary alicyclic amines) is 1. The van der Waals surface area contributed by atoms with E-state index >= 15 is 0 Å². The molecule has 0 saturated carbocycles. The first-order valence-corrected chi connectivity index (χ1v) is 7.15. The second-order valence-corrected chi connectivity index (χ2v) is 5.76. The van der Waals surface area contributed by atoms with Crippen LogP contribution in [0.25, 0.3) is 0 Å². The molecule has 8 heteroatoms. The maximum absolute atomic E-state index is 12.4. The Balaban J connectivity index is 2.28. The molecule has 0 aliphatic carbocycles. The smallest absolute Gasteiger partial charge is 0.308 e. The normalized spacial score (nSPS) is 18.3. The lowest BCUT2D eigenvalue weighted by Crippen LogP contribution is -2.42. The maximum atomic E-state index is 12.4. The number of halogens is 1. The van der Waals surface area contributed by atoms with Crippen molar-refractivity contribution in [3.05, 3.63) is 38.3 Å². The molecular weight excluding hydrogens is 344 g/mol. The zero-order valence-electron chi connectivity index (χ0n) is 11.0. The van der Waals surface area contributed by atoms with Crippen molar-refractivity contribution in [3.63, 3.8) is 0 Å². The molecular formula is C13H13BrN2O5. The van der Waals surface area contributed by atoms with Gasteiger partial charge in [-0.1, -0.05) is 15.9 Å². The van der Waals surface area contributed by atoms with Crippen molar-refractivity contribution in [2.75, 3.05) is 13.1 Å². The van der Waals surface area contributed by atoms with Crippen LogP contribution in [0.5, 0.6) is 0 Å². The summed E-state index contributed by atoms with van der Waals surface area (Å²) in [6.45, 7) is 0.497. The molecule has 1 N–H and O–H groups in total. The molecule has 0 aromatic heterocycles. The van der Waals surface area contributed by atoms with Crippen LogP contribution in [0, 0.1) is 16.0 Å². The Morgan fingerprint density at radius 1 is 1.43 bits per heavy atom. The molecule has 0 spiro atoms. The van der Waals surface area contributed by atoms with E-state index in [1.165, 1.54) is 17.0 Å². The molecule has 7 nitrogen and oxygen atoms in total. The number of aliphatic carboxylic acids is 1. The van der Waals surface area contributed by atoms with Gasteiger partial charge in [-0.25, -0.2) is 0 Å². The van der Waals surface area contributed by atoms with E-state index in [-0.39, 0.29) is 17.8 Å². The van der Waals surface area contributed by atoms with Gasteiger partial charge >= 0.3 is 5.97 Å². The van der Waals surface area contributed by atoms with Gasteiger partial charge in [0.2, 0.25) is 0 Å². The summed E-state index contributed by atoms with van der Waals surface area (Å²) in [5, 5.41) is 20.1. The minimum absolute atomic E-state index is 0.0192. The average Bonchev–Trinajstić information content (AvgIpc) is 2.46. The zero-order valence-corrected chi connectivity index (χ0v) is 12.6. The van der Waals surface area contributed by atoms with Gasteiger partial charge in [-0.15, -0.1) is 0 Å². The number of nitro groups is 1. The minimum Gasteiger partial charge on any atom is -0.481 e. The van der Waals surface area contributed by atoms with Gasteiger partial charge in [-0.3, -0.25) is 19.7 Å². The molecule has 1 amide bonds. The standard InChI is InChI=1S/C13H13BrN2O5/c14-9-3-4-10(11(6-9)16(20)21)12(17)15-5-1-2-8(7-15)13(18)19/h3-4,6,8H,1-2,5,7H2,(H,18,19)/t8-/m0/s1. The van der Waals surface area contributed by atoms with Gasteiger partial charge < -0.3 is 10.0 Å². The van der Waals surface area contributed by atoms with E-state index in [4.69, 9.17) is 5.11 Å². The molecule has 2 rings (SSSR count). The van der Waals surface area contributed by atoms with Gasteiger partial charge in [0.25, 0.3) is 11.6 Å². The minimum atomic E-state index is -0.946. The fourth-order valence-corrected chi connectivity index (χ4v) is 2.72.